The summed E-state index contributed by atoms with van der Waals surface area (Å²) in [6.07, 6.45) is 0. The van der Waals surface area contributed by atoms with Gasteiger partial charge in [-0.2, -0.15) is 8.42 Å². The van der Waals surface area contributed by atoms with Crippen molar-refractivity contribution in [3.63, 3.8) is 0 Å². The lowest BCUT2D eigenvalue weighted by Crippen LogP contribution is -2.37. The second kappa shape index (κ2) is 4.26. The molecule has 1 aromatic rings. The minimum Gasteiger partial charge on any atom is -0.267 e. The molecule has 0 saturated heterocycles. The fourth-order valence-corrected chi connectivity index (χ4v) is 2.12. The van der Waals surface area contributed by atoms with Crippen LogP contribution >= 0.6 is 22.9 Å². The number of carbonyl (C=O) groups excluding carboxylic acids is 1. The molecule has 0 atom stereocenters. The standard InChI is InChI=1S/C6H7ClN2O3S2/c1-8-14(11,12)9-6(10)4-2-3-5(7)13-4/h2-3,8H,1H3,(H,9,10). The third-order valence-electron chi connectivity index (χ3n) is 1.29. The molecule has 78 valence electrons. The Morgan fingerprint density at radius 2 is 2.14 bits per heavy atom. The number of halogens is 1. The van der Waals surface area contributed by atoms with E-state index in [9.17, 15) is 13.2 Å². The molecule has 0 bridgehead atoms. The Hall–Kier alpha value is -0.630. The van der Waals surface area contributed by atoms with Gasteiger partial charge in [-0.25, -0.2) is 9.44 Å². The predicted octanol–water partition coefficient (Wildman–Crippen LogP) is 0.596. The zero-order valence-corrected chi connectivity index (χ0v) is 9.46. The van der Waals surface area contributed by atoms with E-state index in [0.29, 0.717) is 4.34 Å². The van der Waals surface area contributed by atoms with Gasteiger partial charge in [0.15, 0.2) is 0 Å². The first-order valence-electron chi connectivity index (χ1n) is 3.45. The van der Waals surface area contributed by atoms with Crippen LogP contribution in [0.5, 0.6) is 0 Å². The van der Waals surface area contributed by atoms with E-state index >= 15 is 0 Å². The lowest BCUT2D eigenvalue weighted by molar-refractivity contribution is 0.0985. The Bertz CT molecular complexity index is 440. The van der Waals surface area contributed by atoms with Crippen molar-refractivity contribution in [3.05, 3.63) is 21.3 Å². The smallest absolute Gasteiger partial charge is 0.267 e. The number of hydrogen-bond acceptors (Lipinski definition) is 4. The van der Waals surface area contributed by atoms with Gasteiger partial charge in [-0.1, -0.05) is 11.6 Å². The van der Waals surface area contributed by atoms with E-state index in [0.717, 1.165) is 11.3 Å². The number of thiophene rings is 1. The highest BCUT2D eigenvalue weighted by Gasteiger charge is 2.14. The summed E-state index contributed by atoms with van der Waals surface area (Å²) in [5, 5.41) is 0. The Morgan fingerprint density at radius 1 is 1.50 bits per heavy atom. The van der Waals surface area contributed by atoms with Gasteiger partial charge in [-0.05, 0) is 12.1 Å². The van der Waals surface area contributed by atoms with Crippen LogP contribution in [0.25, 0.3) is 0 Å². The van der Waals surface area contributed by atoms with Crippen LogP contribution in [-0.4, -0.2) is 21.4 Å². The molecule has 0 spiro atoms. The average Bonchev–Trinajstić information content (AvgIpc) is 2.51. The summed E-state index contributed by atoms with van der Waals surface area (Å²) in [5.74, 6) is -0.698. The van der Waals surface area contributed by atoms with Gasteiger partial charge in [0.1, 0.15) is 0 Å². The van der Waals surface area contributed by atoms with Gasteiger partial charge in [-0.3, -0.25) is 4.79 Å². The van der Waals surface area contributed by atoms with Crippen molar-refractivity contribution in [2.24, 2.45) is 0 Å². The first-order valence-corrected chi connectivity index (χ1v) is 6.13. The van der Waals surface area contributed by atoms with Crippen molar-refractivity contribution in [2.45, 2.75) is 0 Å². The zero-order valence-electron chi connectivity index (χ0n) is 7.07. The van der Waals surface area contributed by atoms with Gasteiger partial charge in [0.05, 0.1) is 9.21 Å². The van der Waals surface area contributed by atoms with E-state index in [1.54, 1.807) is 0 Å². The normalized spacial score (nSPS) is 11.3. The maximum Gasteiger partial charge on any atom is 0.301 e. The van der Waals surface area contributed by atoms with E-state index in [1.807, 2.05) is 9.44 Å². The molecular formula is C6H7ClN2O3S2. The summed E-state index contributed by atoms with van der Waals surface area (Å²) in [7, 11) is -2.54. The number of nitrogens with one attached hydrogen (secondary N) is 2. The fraction of sp³-hybridized carbons (Fsp3) is 0.167. The topological polar surface area (TPSA) is 75.3 Å². The summed E-state index contributed by atoms with van der Waals surface area (Å²) >= 11 is 6.59. The first-order chi connectivity index (χ1) is 6.44. The van der Waals surface area contributed by atoms with Crippen molar-refractivity contribution in [1.82, 2.24) is 9.44 Å². The van der Waals surface area contributed by atoms with E-state index in [1.165, 1.54) is 19.2 Å². The summed E-state index contributed by atoms with van der Waals surface area (Å²) in [6.45, 7) is 0. The molecule has 8 heteroatoms. The molecule has 0 aliphatic heterocycles. The average molecular weight is 255 g/mol. The minimum atomic E-state index is -3.74. The number of rotatable bonds is 3. The molecule has 0 saturated carbocycles. The predicted molar refractivity (Wildman–Crippen MR) is 54.8 cm³/mol. The Morgan fingerprint density at radius 3 is 2.57 bits per heavy atom. The molecule has 1 rings (SSSR count). The monoisotopic (exact) mass is 254 g/mol. The van der Waals surface area contributed by atoms with Crippen LogP contribution in [-0.2, 0) is 10.2 Å². The molecule has 0 aliphatic carbocycles. The van der Waals surface area contributed by atoms with Gasteiger partial charge >= 0.3 is 10.2 Å². The van der Waals surface area contributed by atoms with Crippen LogP contribution in [0.2, 0.25) is 4.34 Å². The van der Waals surface area contributed by atoms with E-state index < -0.39 is 16.1 Å². The van der Waals surface area contributed by atoms with E-state index in [4.69, 9.17) is 11.6 Å². The summed E-state index contributed by atoms with van der Waals surface area (Å²) in [6, 6.07) is 2.97. The highest BCUT2D eigenvalue weighted by atomic mass is 35.5. The fourth-order valence-electron chi connectivity index (χ4n) is 0.660. The van der Waals surface area contributed by atoms with Crippen LogP contribution in [0.1, 0.15) is 9.67 Å². The van der Waals surface area contributed by atoms with Gasteiger partial charge in [-0.15, -0.1) is 11.3 Å². The molecule has 0 radical (unpaired) electrons. The quantitative estimate of drug-likeness (QED) is 0.829. The Kier molecular flexibility index (Phi) is 3.48. The van der Waals surface area contributed by atoms with Crippen LogP contribution in [0.15, 0.2) is 12.1 Å². The molecular weight excluding hydrogens is 248 g/mol. The lowest BCUT2D eigenvalue weighted by Gasteiger charge is -2.02. The number of amides is 1. The van der Waals surface area contributed by atoms with Crippen LogP contribution < -0.4 is 9.44 Å². The van der Waals surface area contributed by atoms with E-state index in [-0.39, 0.29) is 4.88 Å². The molecule has 0 aromatic carbocycles. The highest BCUT2D eigenvalue weighted by molar-refractivity contribution is 7.88. The third-order valence-corrected chi connectivity index (χ3v) is 3.51. The second-order valence-electron chi connectivity index (χ2n) is 2.24. The molecule has 1 aromatic heterocycles. The number of carbonyl (C=O) groups is 1. The van der Waals surface area contributed by atoms with Crippen molar-refractivity contribution in [3.8, 4) is 0 Å². The third kappa shape index (κ3) is 2.95. The molecule has 14 heavy (non-hydrogen) atoms. The van der Waals surface area contributed by atoms with E-state index in [2.05, 4.69) is 0 Å². The van der Waals surface area contributed by atoms with Gasteiger partial charge < -0.3 is 0 Å². The molecule has 2 N–H and O–H groups in total. The van der Waals surface area contributed by atoms with Gasteiger partial charge in [0.25, 0.3) is 5.91 Å². The molecule has 5 nitrogen and oxygen atoms in total. The van der Waals surface area contributed by atoms with Gasteiger partial charge in [0.2, 0.25) is 0 Å². The number of hydrogen-bond donors (Lipinski definition) is 2. The largest absolute Gasteiger partial charge is 0.301 e. The van der Waals surface area contributed by atoms with Crippen molar-refractivity contribution in [1.29, 1.82) is 0 Å². The summed E-state index contributed by atoms with van der Waals surface area (Å²) < 4.78 is 26.0. The van der Waals surface area contributed by atoms with Crippen LogP contribution in [0.4, 0.5) is 0 Å². The Labute approximate surface area is 90.3 Å². The highest BCUT2D eigenvalue weighted by Crippen LogP contribution is 2.21. The second-order valence-corrected chi connectivity index (χ2v) is 5.58. The molecule has 1 heterocycles. The summed E-state index contributed by atoms with van der Waals surface area (Å²) in [5.41, 5.74) is 0. The van der Waals surface area contributed by atoms with Crippen molar-refractivity contribution >= 4 is 39.1 Å². The maximum atomic E-state index is 11.3. The molecule has 0 unspecified atom stereocenters. The van der Waals surface area contributed by atoms with Crippen LogP contribution in [0.3, 0.4) is 0 Å². The Balaban J connectivity index is 2.78. The molecule has 0 fully saturated rings. The van der Waals surface area contributed by atoms with Gasteiger partial charge in [0, 0.05) is 7.05 Å². The maximum absolute atomic E-state index is 11.3. The zero-order chi connectivity index (χ0) is 10.8. The van der Waals surface area contributed by atoms with Crippen molar-refractivity contribution < 1.29 is 13.2 Å². The SMILES string of the molecule is CNS(=O)(=O)NC(=O)c1ccc(Cl)s1. The molecule has 1 amide bonds. The first kappa shape index (κ1) is 11.4. The minimum absolute atomic E-state index is 0.244. The van der Waals surface area contributed by atoms with Crippen molar-refractivity contribution in [2.75, 3.05) is 7.05 Å². The lowest BCUT2D eigenvalue weighted by atomic mass is 10.5. The molecule has 0 aliphatic rings. The van der Waals surface area contributed by atoms with Crippen LogP contribution in [0, 0.1) is 0 Å². The summed E-state index contributed by atoms with van der Waals surface area (Å²) in [4.78, 5) is 11.5.